The van der Waals surface area contributed by atoms with E-state index < -0.39 is 11.8 Å². The van der Waals surface area contributed by atoms with Gasteiger partial charge in [-0.25, -0.2) is 0 Å². The van der Waals surface area contributed by atoms with E-state index in [0.29, 0.717) is 12.2 Å². The maximum Gasteiger partial charge on any atom is 0.313 e. The summed E-state index contributed by atoms with van der Waals surface area (Å²) in [6.45, 7) is 0.428. The Morgan fingerprint density at radius 2 is 1.72 bits per heavy atom. The molecule has 0 spiro atoms. The van der Waals surface area contributed by atoms with Crippen molar-refractivity contribution in [3.8, 4) is 5.75 Å². The maximum absolute atomic E-state index is 12.0. The van der Waals surface area contributed by atoms with Crippen LogP contribution in [0.5, 0.6) is 5.75 Å². The van der Waals surface area contributed by atoms with Gasteiger partial charge in [-0.1, -0.05) is 18.2 Å². The number of hydrogen-bond acceptors (Lipinski definition) is 3. The summed E-state index contributed by atoms with van der Waals surface area (Å²) in [6.07, 6.45) is 4.76. The molecular weight excluding hydrogens is 316 g/mol. The van der Waals surface area contributed by atoms with E-state index in [1.807, 2.05) is 30.3 Å². The Morgan fingerprint density at radius 1 is 0.960 bits per heavy atom. The Hall–Kier alpha value is -2.82. The van der Waals surface area contributed by atoms with Crippen molar-refractivity contribution in [1.82, 2.24) is 5.32 Å². The van der Waals surface area contributed by atoms with Gasteiger partial charge in [-0.05, 0) is 73.1 Å². The van der Waals surface area contributed by atoms with Crippen molar-refractivity contribution in [3.63, 3.8) is 0 Å². The van der Waals surface area contributed by atoms with E-state index in [9.17, 15) is 14.7 Å². The highest BCUT2D eigenvalue weighted by Crippen LogP contribution is 2.24. The van der Waals surface area contributed by atoms with E-state index in [0.717, 1.165) is 37.7 Å². The molecule has 1 aliphatic rings. The molecule has 2 amide bonds. The van der Waals surface area contributed by atoms with E-state index in [-0.39, 0.29) is 5.75 Å². The normalized spacial score (nSPS) is 12.5. The van der Waals surface area contributed by atoms with Gasteiger partial charge in [0.05, 0.1) is 0 Å². The fourth-order valence-electron chi connectivity index (χ4n) is 3.07. The van der Waals surface area contributed by atoms with Crippen molar-refractivity contribution in [1.29, 1.82) is 0 Å². The van der Waals surface area contributed by atoms with Gasteiger partial charge in [0.25, 0.3) is 0 Å². The van der Waals surface area contributed by atoms with Gasteiger partial charge in [0.2, 0.25) is 0 Å². The second kappa shape index (κ2) is 7.83. The van der Waals surface area contributed by atoms with Crippen molar-refractivity contribution in [2.45, 2.75) is 32.1 Å². The molecule has 1 aliphatic carbocycles. The lowest BCUT2D eigenvalue weighted by molar-refractivity contribution is -0.136. The molecule has 0 unspecified atom stereocenters. The molecule has 0 saturated carbocycles. The molecular formula is C20H22N2O3. The molecule has 0 radical (unpaired) electrons. The molecule has 0 saturated heterocycles. The first-order valence-electron chi connectivity index (χ1n) is 8.61. The summed E-state index contributed by atoms with van der Waals surface area (Å²) in [5.41, 5.74) is 4.34. The number of phenolic OH excluding ortho intramolecular Hbond substituents is 1. The van der Waals surface area contributed by atoms with Crippen molar-refractivity contribution in [2.24, 2.45) is 0 Å². The largest absolute Gasteiger partial charge is 0.508 e. The number of benzene rings is 2. The number of nitrogens with one attached hydrogen (secondary N) is 2. The monoisotopic (exact) mass is 338 g/mol. The maximum atomic E-state index is 12.0. The number of aryl methyl sites for hydroxylation is 3. The first-order chi connectivity index (χ1) is 12.1. The second-order valence-electron chi connectivity index (χ2n) is 6.32. The van der Waals surface area contributed by atoms with Gasteiger partial charge in [-0.15, -0.1) is 0 Å². The van der Waals surface area contributed by atoms with Crippen LogP contribution in [-0.4, -0.2) is 23.5 Å². The quantitative estimate of drug-likeness (QED) is 0.579. The van der Waals surface area contributed by atoms with Crippen molar-refractivity contribution in [3.05, 3.63) is 59.2 Å². The average molecular weight is 338 g/mol. The Kier molecular flexibility index (Phi) is 5.33. The van der Waals surface area contributed by atoms with Gasteiger partial charge in [0.1, 0.15) is 5.75 Å². The number of anilines is 1. The Bertz CT molecular complexity index is 769. The van der Waals surface area contributed by atoms with Gasteiger partial charge in [0, 0.05) is 12.2 Å². The summed E-state index contributed by atoms with van der Waals surface area (Å²) in [7, 11) is 0. The fraction of sp³-hybridized carbons (Fsp3) is 0.300. The van der Waals surface area contributed by atoms with Crippen LogP contribution in [0.25, 0.3) is 0 Å². The van der Waals surface area contributed by atoms with E-state index in [4.69, 9.17) is 0 Å². The molecule has 0 bridgehead atoms. The van der Waals surface area contributed by atoms with E-state index in [2.05, 4.69) is 10.6 Å². The summed E-state index contributed by atoms with van der Waals surface area (Å²) in [5, 5.41) is 14.5. The van der Waals surface area contributed by atoms with Gasteiger partial charge < -0.3 is 15.7 Å². The van der Waals surface area contributed by atoms with Crippen LogP contribution in [0, 0.1) is 0 Å². The first kappa shape index (κ1) is 17.0. The lowest BCUT2D eigenvalue weighted by atomic mass is 10.1. The number of amides is 2. The molecule has 0 aromatic heterocycles. The molecule has 2 aromatic rings. The SMILES string of the molecule is O=C(NCCCc1ccc(O)cc1)C(=O)Nc1ccc2c(c1)CCC2. The number of carbonyl (C=O) groups is 2. The Balaban J connectivity index is 1.41. The molecule has 5 heteroatoms. The molecule has 0 aliphatic heterocycles. The molecule has 0 atom stereocenters. The highest BCUT2D eigenvalue weighted by molar-refractivity contribution is 6.39. The van der Waals surface area contributed by atoms with Crippen molar-refractivity contribution >= 4 is 17.5 Å². The molecule has 0 heterocycles. The average Bonchev–Trinajstić information content (AvgIpc) is 3.07. The zero-order valence-corrected chi connectivity index (χ0v) is 14.0. The van der Waals surface area contributed by atoms with E-state index >= 15 is 0 Å². The standard InChI is InChI=1S/C20H22N2O3/c23-18-10-6-14(7-11-18)3-2-12-21-19(24)20(25)22-17-9-8-15-4-1-5-16(15)13-17/h6-11,13,23H,1-5,12H2,(H,21,24)(H,22,25). The van der Waals surface area contributed by atoms with Crippen LogP contribution in [-0.2, 0) is 28.9 Å². The number of fused-ring (bicyclic) bond motifs is 1. The predicted molar refractivity (Wildman–Crippen MR) is 96.5 cm³/mol. The molecule has 3 rings (SSSR count). The smallest absolute Gasteiger partial charge is 0.313 e. The van der Waals surface area contributed by atoms with Crippen LogP contribution in [0.2, 0.25) is 0 Å². The zero-order chi connectivity index (χ0) is 17.6. The molecule has 2 aromatic carbocycles. The van der Waals surface area contributed by atoms with Gasteiger partial charge in [0.15, 0.2) is 0 Å². The van der Waals surface area contributed by atoms with Crippen molar-refractivity contribution < 1.29 is 14.7 Å². The van der Waals surface area contributed by atoms with Crippen LogP contribution in [0.15, 0.2) is 42.5 Å². The molecule has 5 nitrogen and oxygen atoms in total. The van der Waals surface area contributed by atoms with Gasteiger partial charge in [-0.3, -0.25) is 9.59 Å². The summed E-state index contributed by atoms with van der Waals surface area (Å²) in [4.78, 5) is 23.8. The summed E-state index contributed by atoms with van der Waals surface area (Å²) >= 11 is 0. The van der Waals surface area contributed by atoms with Crippen LogP contribution >= 0.6 is 0 Å². The first-order valence-corrected chi connectivity index (χ1v) is 8.61. The van der Waals surface area contributed by atoms with E-state index in [1.165, 1.54) is 11.1 Å². The van der Waals surface area contributed by atoms with Crippen LogP contribution in [0.3, 0.4) is 0 Å². The lowest BCUT2D eigenvalue weighted by Gasteiger charge is -2.08. The topological polar surface area (TPSA) is 78.4 Å². The minimum atomic E-state index is -0.636. The number of aromatic hydroxyl groups is 1. The third-order valence-corrected chi connectivity index (χ3v) is 4.43. The molecule has 3 N–H and O–H groups in total. The summed E-state index contributed by atoms with van der Waals surface area (Å²) in [5.74, 6) is -1.02. The van der Waals surface area contributed by atoms with Crippen LogP contribution in [0.4, 0.5) is 5.69 Å². The molecule has 0 fully saturated rings. The summed E-state index contributed by atoms with van der Waals surface area (Å²) < 4.78 is 0. The lowest BCUT2D eigenvalue weighted by Crippen LogP contribution is -2.36. The third kappa shape index (κ3) is 4.59. The van der Waals surface area contributed by atoms with Crippen LogP contribution in [0.1, 0.15) is 29.5 Å². The fourth-order valence-corrected chi connectivity index (χ4v) is 3.07. The second-order valence-corrected chi connectivity index (χ2v) is 6.32. The number of carbonyl (C=O) groups excluding carboxylic acids is 2. The van der Waals surface area contributed by atoms with E-state index in [1.54, 1.807) is 12.1 Å². The number of phenols is 1. The Morgan fingerprint density at radius 3 is 2.52 bits per heavy atom. The van der Waals surface area contributed by atoms with Crippen molar-refractivity contribution in [2.75, 3.05) is 11.9 Å². The number of rotatable bonds is 5. The minimum absolute atomic E-state index is 0.236. The minimum Gasteiger partial charge on any atom is -0.508 e. The predicted octanol–water partition coefficient (Wildman–Crippen LogP) is 2.57. The van der Waals surface area contributed by atoms with Crippen LogP contribution < -0.4 is 10.6 Å². The molecule has 25 heavy (non-hydrogen) atoms. The highest BCUT2D eigenvalue weighted by atomic mass is 16.3. The summed E-state index contributed by atoms with van der Waals surface area (Å²) in [6, 6.07) is 12.8. The molecule has 130 valence electrons. The Labute approximate surface area is 147 Å². The van der Waals surface area contributed by atoms with Gasteiger partial charge in [-0.2, -0.15) is 0 Å². The third-order valence-electron chi connectivity index (χ3n) is 4.43. The number of hydrogen-bond donors (Lipinski definition) is 3. The zero-order valence-electron chi connectivity index (χ0n) is 14.0. The highest BCUT2D eigenvalue weighted by Gasteiger charge is 2.15. The van der Waals surface area contributed by atoms with Gasteiger partial charge >= 0.3 is 11.8 Å².